The Morgan fingerprint density at radius 3 is 2.22 bits per heavy atom. The van der Waals surface area contributed by atoms with E-state index in [0.717, 1.165) is 5.56 Å². The van der Waals surface area contributed by atoms with Crippen LogP contribution >= 0.6 is 0 Å². The molecule has 0 aromatic heterocycles. The van der Waals surface area contributed by atoms with Crippen molar-refractivity contribution in [3.63, 3.8) is 0 Å². The molecule has 1 amide bonds. The fraction of sp³-hybridized carbons (Fsp3) is 0.188. The molecule has 1 atom stereocenters. The number of rotatable bonds is 3. The minimum absolute atomic E-state index is 0.0123. The molecule has 2 nitrogen and oxygen atoms in total. The lowest BCUT2D eigenvalue weighted by molar-refractivity contribution is 0.0940. The Balaban J connectivity index is 2.06. The summed E-state index contributed by atoms with van der Waals surface area (Å²) in [6, 6.07) is 17.5. The standard InChI is InChI=1S/C16H17NO/c1-12-8-10-14(11-9-12)13(2)17-16(18)15-6-4-3-5-7-15/h3-11,13H,1-2H3,(H,17,18)/t13-/m1/s1. The molecular weight excluding hydrogens is 222 g/mol. The first-order valence-corrected chi connectivity index (χ1v) is 6.09. The van der Waals surface area contributed by atoms with Crippen LogP contribution in [0.5, 0.6) is 0 Å². The second kappa shape index (κ2) is 5.50. The summed E-state index contributed by atoms with van der Waals surface area (Å²) in [6.45, 7) is 4.04. The number of carbonyl (C=O) groups is 1. The van der Waals surface area contributed by atoms with Gasteiger partial charge >= 0.3 is 0 Å². The molecule has 18 heavy (non-hydrogen) atoms. The van der Waals surface area contributed by atoms with E-state index in [4.69, 9.17) is 0 Å². The molecule has 2 rings (SSSR count). The highest BCUT2D eigenvalue weighted by molar-refractivity contribution is 5.94. The summed E-state index contributed by atoms with van der Waals surface area (Å²) in [6.07, 6.45) is 0. The zero-order valence-electron chi connectivity index (χ0n) is 10.7. The lowest BCUT2D eigenvalue weighted by atomic mass is 10.1. The fourth-order valence-corrected chi connectivity index (χ4v) is 1.81. The van der Waals surface area contributed by atoms with Crippen LogP contribution in [0.2, 0.25) is 0 Å². The van der Waals surface area contributed by atoms with Crippen molar-refractivity contribution in [1.29, 1.82) is 0 Å². The van der Waals surface area contributed by atoms with E-state index < -0.39 is 0 Å². The maximum Gasteiger partial charge on any atom is 0.251 e. The van der Waals surface area contributed by atoms with Gasteiger partial charge in [0.1, 0.15) is 0 Å². The Hall–Kier alpha value is -2.09. The molecule has 0 aliphatic rings. The van der Waals surface area contributed by atoms with E-state index in [9.17, 15) is 4.79 Å². The van der Waals surface area contributed by atoms with Crippen molar-refractivity contribution in [3.8, 4) is 0 Å². The molecule has 0 unspecified atom stereocenters. The van der Waals surface area contributed by atoms with Crippen molar-refractivity contribution in [3.05, 3.63) is 71.3 Å². The summed E-state index contributed by atoms with van der Waals surface area (Å²) >= 11 is 0. The van der Waals surface area contributed by atoms with Crippen molar-refractivity contribution in [2.24, 2.45) is 0 Å². The quantitative estimate of drug-likeness (QED) is 0.872. The van der Waals surface area contributed by atoms with Gasteiger partial charge in [-0.05, 0) is 31.5 Å². The number of carbonyl (C=O) groups excluding carboxylic acids is 1. The van der Waals surface area contributed by atoms with Crippen LogP contribution in [0.15, 0.2) is 54.6 Å². The highest BCUT2D eigenvalue weighted by atomic mass is 16.1. The maximum atomic E-state index is 12.0. The van der Waals surface area contributed by atoms with Crippen molar-refractivity contribution in [2.75, 3.05) is 0 Å². The van der Waals surface area contributed by atoms with Gasteiger partial charge in [0, 0.05) is 5.56 Å². The van der Waals surface area contributed by atoms with Gasteiger partial charge in [-0.1, -0.05) is 48.0 Å². The molecule has 0 spiro atoms. The first kappa shape index (κ1) is 12.4. The van der Waals surface area contributed by atoms with Gasteiger partial charge in [0.25, 0.3) is 5.91 Å². The summed E-state index contributed by atoms with van der Waals surface area (Å²) in [5.41, 5.74) is 3.03. The topological polar surface area (TPSA) is 29.1 Å². The Morgan fingerprint density at radius 2 is 1.61 bits per heavy atom. The van der Waals surface area contributed by atoms with Gasteiger partial charge in [-0.25, -0.2) is 0 Å². The van der Waals surface area contributed by atoms with E-state index in [-0.39, 0.29) is 11.9 Å². The number of hydrogen-bond donors (Lipinski definition) is 1. The van der Waals surface area contributed by atoms with Gasteiger partial charge in [0.15, 0.2) is 0 Å². The lowest BCUT2D eigenvalue weighted by Crippen LogP contribution is -2.26. The van der Waals surface area contributed by atoms with Crippen molar-refractivity contribution < 1.29 is 4.79 Å². The summed E-state index contributed by atoms with van der Waals surface area (Å²) in [5, 5.41) is 2.99. The largest absolute Gasteiger partial charge is 0.346 e. The van der Waals surface area contributed by atoms with Gasteiger partial charge in [0.05, 0.1) is 6.04 Å². The van der Waals surface area contributed by atoms with Crippen LogP contribution in [0.4, 0.5) is 0 Å². The molecule has 0 bridgehead atoms. The first-order valence-electron chi connectivity index (χ1n) is 6.09. The summed E-state index contributed by atoms with van der Waals surface area (Å²) in [5.74, 6) is -0.0383. The van der Waals surface area contributed by atoms with E-state index in [0.29, 0.717) is 5.56 Å². The van der Waals surface area contributed by atoms with E-state index in [1.807, 2.05) is 49.4 Å². The summed E-state index contributed by atoms with van der Waals surface area (Å²) in [4.78, 5) is 12.0. The number of amides is 1. The van der Waals surface area contributed by atoms with Gasteiger partial charge in [-0.2, -0.15) is 0 Å². The van der Waals surface area contributed by atoms with Gasteiger partial charge in [-0.3, -0.25) is 4.79 Å². The van der Waals surface area contributed by atoms with Crippen molar-refractivity contribution >= 4 is 5.91 Å². The van der Waals surface area contributed by atoms with Crippen LogP contribution in [0.25, 0.3) is 0 Å². The smallest absolute Gasteiger partial charge is 0.251 e. The third-order valence-electron chi connectivity index (χ3n) is 2.96. The maximum absolute atomic E-state index is 12.0. The van der Waals surface area contributed by atoms with Crippen LogP contribution in [-0.2, 0) is 0 Å². The molecule has 2 heteroatoms. The van der Waals surface area contributed by atoms with Crippen LogP contribution in [0.1, 0.15) is 34.5 Å². The number of benzene rings is 2. The van der Waals surface area contributed by atoms with E-state index >= 15 is 0 Å². The number of aryl methyl sites for hydroxylation is 1. The monoisotopic (exact) mass is 239 g/mol. The lowest BCUT2D eigenvalue weighted by Gasteiger charge is -2.14. The minimum atomic E-state index is -0.0383. The second-order valence-electron chi connectivity index (χ2n) is 4.47. The van der Waals surface area contributed by atoms with Crippen molar-refractivity contribution in [1.82, 2.24) is 5.32 Å². The molecular formula is C16H17NO. The molecule has 1 N–H and O–H groups in total. The average molecular weight is 239 g/mol. The van der Waals surface area contributed by atoms with Crippen LogP contribution in [0.3, 0.4) is 0 Å². The number of hydrogen-bond acceptors (Lipinski definition) is 1. The summed E-state index contributed by atoms with van der Waals surface area (Å²) in [7, 11) is 0. The number of nitrogens with one attached hydrogen (secondary N) is 1. The van der Waals surface area contributed by atoms with E-state index in [1.165, 1.54) is 5.56 Å². The molecule has 0 aliphatic carbocycles. The predicted octanol–water partition coefficient (Wildman–Crippen LogP) is 3.49. The summed E-state index contributed by atoms with van der Waals surface area (Å²) < 4.78 is 0. The molecule has 0 saturated carbocycles. The molecule has 0 radical (unpaired) electrons. The SMILES string of the molecule is Cc1ccc([C@@H](C)NC(=O)c2ccccc2)cc1. The fourth-order valence-electron chi connectivity index (χ4n) is 1.81. The Morgan fingerprint density at radius 1 is 1.00 bits per heavy atom. The normalized spacial score (nSPS) is 11.9. The highest BCUT2D eigenvalue weighted by Crippen LogP contribution is 2.13. The zero-order valence-corrected chi connectivity index (χ0v) is 10.7. The Bertz CT molecular complexity index is 517. The van der Waals surface area contributed by atoms with Gasteiger partial charge in [-0.15, -0.1) is 0 Å². The molecule has 2 aromatic carbocycles. The average Bonchev–Trinajstić information content (AvgIpc) is 2.40. The van der Waals surface area contributed by atoms with Crippen molar-refractivity contribution in [2.45, 2.75) is 19.9 Å². The minimum Gasteiger partial charge on any atom is -0.346 e. The predicted molar refractivity (Wildman–Crippen MR) is 73.5 cm³/mol. The highest BCUT2D eigenvalue weighted by Gasteiger charge is 2.10. The van der Waals surface area contributed by atoms with E-state index in [2.05, 4.69) is 24.4 Å². The molecule has 0 aliphatic heterocycles. The van der Waals surface area contributed by atoms with Crippen LogP contribution in [-0.4, -0.2) is 5.91 Å². The van der Waals surface area contributed by atoms with Gasteiger partial charge in [0.2, 0.25) is 0 Å². The molecule has 0 fully saturated rings. The third-order valence-corrected chi connectivity index (χ3v) is 2.96. The zero-order chi connectivity index (χ0) is 13.0. The van der Waals surface area contributed by atoms with E-state index in [1.54, 1.807) is 0 Å². The second-order valence-corrected chi connectivity index (χ2v) is 4.47. The molecule has 0 heterocycles. The van der Waals surface area contributed by atoms with Gasteiger partial charge < -0.3 is 5.32 Å². The van der Waals surface area contributed by atoms with Crippen LogP contribution < -0.4 is 5.32 Å². The third kappa shape index (κ3) is 2.98. The Kier molecular flexibility index (Phi) is 3.78. The van der Waals surface area contributed by atoms with Crippen LogP contribution in [0, 0.1) is 6.92 Å². The molecule has 0 saturated heterocycles. The molecule has 2 aromatic rings. The molecule has 92 valence electrons. The Labute approximate surface area is 108 Å². The first-order chi connectivity index (χ1) is 8.66.